The second kappa shape index (κ2) is 10.3. The van der Waals surface area contributed by atoms with Crippen LogP contribution >= 0.6 is 0 Å². The van der Waals surface area contributed by atoms with Gasteiger partial charge in [-0.15, -0.1) is 5.10 Å². The Hall–Kier alpha value is -3.60. The highest BCUT2D eigenvalue weighted by Crippen LogP contribution is 2.28. The first-order valence-electron chi connectivity index (χ1n) is 11.2. The minimum Gasteiger partial charge on any atom is -0.490 e. The molecule has 33 heavy (non-hydrogen) atoms. The normalized spacial score (nSPS) is 11.8. The van der Waals surface area contributed by atoms with Gasteiger partial charge in [-0.2, -0.15) is 9.94 Å². The Morgan fingerprint density at radius 1 is 1.27 bits per heavy atom. The summed E-state index contributed by atoms with van der Waals surface area (Å²) in [6, 6.07) is 10.5. The number of anilines is 1. The van der Waals surface area contributed by atoms with E-state index in [2.05, 4.69) is 23.4 Å². The van der Waals surface area contributed by atoms with E-state index < -0.39 is 11.5 Å². The van der Waals surface area contributed by atoms with Crippen molar-refractivity contribution in [2.45, 2.75) is 59.6 Å². The third-order valence-corrected chi connectivity index (χ3v) is 5.60. The lowest BCUT2D eigenvalue weighted by molar-refractivity contribution is 0.207. The average Bonchev–Trinajstić information content (AvgIpc) is 3.07. The lowest BCUT2D eigenvalue weighted by Crippen LogP contribution is -2.23. The van der Waals surface area contributed by atoms with Crippen LogP contribution in [-0.2, 0) is 20.0 Å². The molecule has 0 spiro atoms. The highest BCUT2D eigenvalue weighted by molar-refractivity contribution is 5.53. The first kappa shape index (κ1) is 24.1. The standard InChI is InChI=1S/C25H30FN5O2/c1-6-8-17(4)33-23-13-22(31-25(32)30(5)24(7-2)29-31)21(26)12-19(23)15-28-20-10-9-18(14-27)16(3)11-20/h9-13,17,28H,6-8,15H2,1-5H3/t17-/m0/s1. The Kier molecular flexibility index (Phi) is 7.54. The molecule has 1 atom stereocenters. The van der Waals surface area contributed by atoms with E-state index in [4.69, 9.17) is 10.00 Å². The van der Waals surface area contributed by atoms with Crippen LogP contribution in [-0.4, -0.2) is 20.5 Å². The molecule has 2 aromatic carbocycles. The Labute approximate surface area is 193 Å². The van der Waals surface area contributed by atoms with Crippen molar-refractivity contribution in [3.8, 4) is 17.5 Å². The number of nitrogens with one attached hydrogen (secondary N) is 1. The lowest BCUT2D eigenvalue weighted by Gasteiger charge is -2.19. The van der Waals surface area contributed by atoms with Gasteiger partial charge in [0.15, 0.2) is 0 Å². The van der Waals surface area contributed by atoms with Crippen LogP contribution in [0, 0.1) is 24.1 Å². The van der Waals surface area contributed by atoms with Crippen LogP contribution in [0.3, 0.4) is 0 Å². The summed E-state index contributed by atoms with van der Waals surface area (Å²) >= 11 is 0. The first-order valence-corrected chi connectivity index (χ1v) is 11.2. The average molecular weight is 452 g/mol. The zero-order valence-corrected chi connectivity index (χ0v) is 19.8. The fourth-order valence-corrected chi connectivity index (χ4v) is 3.72. The molecule has 0 saturated carbocycles. The van der Waals surface area contributed by atoms with E-state index in [-0.39, 0.29) is 11.8 Å². The molecule has 1 N–H and O–H groups in total. The molecule has 0 saturated heterocycles. The van der Waals surface area contributed by atoms with Crippen LogP contribution in [0.15, 0.2) is 35.1 Å². The van der Waals surface area contributed by atoms with Crippen LogP contribution in [0.2, 0.25) is 0 Å². The molecule has 3 aromatic rings. The van der Waals surface area contributed by atoms with Crippen molar-refractivity contribution in [3.63, 3.8) is 0 Å². The minimum absolute atomic E-state index is 0.0620. The fourth-order valence-electron chi connectivity index (χ4n) is 3.72. The smallest absolute Gasteiger partial charge is 0.350 e. The van der Waals surface area contributed by atoms with Crippen molar-refractivity contribution in [3.05, 3.63) is 69.1 Å². The molecule has 3 rings (SSSR count). The number of rotatable bonds is 9. The van der Waals surface area contributed by atoms with E-state index in [9.17, 15) is 4.79 Å². The number of benzene rings is 2. The zero-order chi connectivity index (χ0) is 24.1. The highest BCUT2D eigenvalue weighted by Gasteiger charge is 2.19. The van der Waals surface area contributed by atoms with E-state index >= 15 is 4.39 Å². The molecule has 1 heterocycles. The molecule has 0 unspecified atom stereocenters. The third kappa shape index (κ3) is 5.25. The summed E-state index contributed by atoms with van der Waals surface area (Å²) in [4.78, 5) is 12.6. The van der Waals surface area contributed by atoms with Crippen molar-refractivity contribution in [1.82, 2.24) is 14.3 Å². The van der Waals surface area contributed by atoms with Gasteiger partial charge in [-0.05, 0) is 50.1 Å². The van der Waals surface area contributed by atoms with E-state index in [1.54, 1.807) is 19.2 Å². The van der Waals surface area contributed by atoms with Gasteiger partial charge in [0.05, 0.1) is 17.7 Å². The van der Waals surface area contributed by atoms with Gasteiger partial charge >= 0.3 is 5.69 Å². The Morgan fingerprint density at radius 3 is 2.64 bits per heavy atom. The van der Waals surface area contributed by atoms with Gasteiger partial charge in [0, 0.05) is 37.3 Å². The SMILES string of the molecule is CCC[C@H](C)Oc1cc(-n2nc(CC)n(C)c2=O)c(F)cc1CNc1ccc(C#N)c(C)c1. The topological polar surface area (TPSA) is 84.9 Å². The monoisotopic (exact) mass is 451 g/mol. The van der Waals surface area contributed by atoms with Crippen molar-refractivity contribution in [2.75, 3.05) is 5.32 Å². The number of hydrogen-bond donors (Lipinski definition) is 1. The van der Waals surface area contributed by atoms with E-state index in [0.29, 0.717) is 35.7 Å². The molecule has 174 valence electrons. The summed E-state index contributed by atoms with van der Waals surface area (Å²) in [5, 5.41) is 16.7. The maximum absolute atomic E-state index is 15.2. The van der Waals surface area contributed by atoms with E-state index in [1.165, 1.54) is 10.6 Å². The van der Waals surface area contributed by atoms with Gasteiger partial charge in [0.25, 0.3) is 0 Å². The van der Waals surface area contributed by atoms with E-state index in [1.807, 2.05) is 32.9 Å². The van der Waals surface area contributed by atoms with Crippen molar-refractivity contribution in [1.29, 1.82) is 5.26 Å². The molecular weight excluding hydrogens is 421 g/mol. The summed E-state index contributed by atoms with van der Waals surface area (Å²) in [7, 11) is 1.63. The largest absolute Gasteiger partial charge is 0.490 e. The summed E-state index contributed by atoms with van der Waals surface area (Å²) in [5.41, 5.74) is 2.57. The Balaban J connectivity index is 1.99. The first-order chi connectivity index (χ1) is 15.8. The molecule has 7 nitrogen and oxygen atoms in total. The maximum Gasteiger partial charge on any atom is 0.350 e. The van der Waals surface area contributed by atoms with Crippen LogP contribution in [0.25, 0.3) is 5.69 Å². The Morgan fingerprint density at radius 2 is 2.03 bits per heavy atom. The number of aromatic nitrogens is 3. The molecule has 0 amide bonds. The predicted octanol–water partition coefficient (Wildman–Crippen LogP) is 4.63. The number of halogens is 1. The van der Waals surface area contributed by atoms with Crippen LogP contribution < -0.4 is 15.7 Å². The van der Waals surface area contributed by atoms with Crippen molar-refractivity contribution in [2.24, 2.45) is 7.05 Å². The van der Waals surface area contributed by atoms with Crippen LogP contribution in [0.5, 0.6) is 5.75 Å². The molecule has 1 aromatic heterocycles. The molecule has 0 radical (unpaired) electrons. The fraction of sp³-hybridized carbons (Fsp3) is 0.400. The summed E-state index contributed by atoms with van der Waals surface area (Å²) in [6.45, 7) is 8.12. The lowest BCUT2D eigenvalue weighted by atomic mass is 10.1. The molecular formula is C25H30FN5O2. The van der Waals surface area contributed by atoms with Gasteiger partial charge in [0.2, 0.25) is 0 Å². The molecule has 0 fully saturated rings. The van der Waals surface area contributed by atoms with Crippen molar-refractivity contribution >= 4 is 5.69 Å². The summed E-state index contributed by atoms with van der Waals surface area (Å²) < 4.78 is 23.9. The van der Waals surface area contributed by atoms with Crippen molar-refractivity contribution < 1.29 is 9.13 Å². The second-order valence-electron chi connectivity index (χ2n) is 8.15. The molecule has 0 bridgehead atoms. The number of nitriles is 1. The maximum atomic E-state index is 15.2. The third-order valence-electron chi connectivity index (χ3n) is 5.60. The molecule has 0 aliphatic rings. The quantitative estimate of drug-likeness (QED) is 0.513. The number of hydrogen-bond acceptors (Lipinski definition) is 5. The summed E-state index contributed by atoms with van der Waals surface area (Å²) in [5.74, 6) is 0.519. The number of aryl methyl sites for hydroxylation is 2. The summed E-state index contributed by atoms with van der Waals surface area (Å²) in [6.07, 6.45) is 2.28. The molecule has 0 aliphatic carbocycles. The van der Waals surface area contributed by atoms with Gasteiger partial charge in [-0.25, -0.2) is 9.18 Å². The minimum atomic E-state index is -0.554. The van der Waals surface area contributed by atoms with Gasteiger partial charge in [-0.1, -0.05) is 20.3 Å². The molecule has 8 heteroatoms. The zero-order valence-electron chi connectivity index (χ0n) is 19.8. The van der Waals surface area contributed by atoms with Gasteiger partial charge < -0.3 is 10.1 Å². The molecule has 0 aliphatic heterocycles. The number of ether oxygens (including phenoxy) is 1. The number of nitrogens with zero attached hydrogens (tertiary/aromatic N) is 4. The predicted molar refractivity (Wildman–Crippen MR) is 126 cm³/mol. The van der Waals surface area contributed by atoms with Crippen LogP contribution in [0.1, 0.15) is 56.1 Å². The Bertz CT molecular complexity index is 1240. The van der Waals surface area contributed by atoms with Crippen LogP contribution in [0.4, 0.5) is 10.1 Å². The highest BCUT2D eigenvalue weighted by atomic mass is 19.1. The van der Waals surface area contributed by atoms with Gasteiger partial charge in [-0.3, -0.25) is 4.57 Å². The second-order valence-corrected chi connectivity index (χ2v) is 8.15. The van der Waals surface area contributed by atoms with Gasteiger partial charge in [0.1, 0.15) is 23.1 Å². The van der Waals surface area contributed by atoms with E-state index in [0.717, 1.165) is 28.8 Å².